The third kappa shape index (κ3) is 4.52. The number of aliphatic hydroxyl groups excluding tert-OH is 1. The van der Waals surface area contributed by atoms with Crippen molar-refractivity contribution in [1.29, 1.82) is 0 Å². The summed E-state index contributed by atoms with van der Waals surface area (Å²) in [6.07, 6.45) is 3.88. The molecule has 3 atom stereocenters. The van der Waals surface area contributed by atoms with Crippen molar-refractivity contribution in [2.75, 3.05) is 6.54 Å². The largest absolute Gasteiger partial charge is 0.479 e. The topological polar surface area (TPSA) is 98.7 Å². The van der Waals surface area contributed by atoms with Gasteiger partial charge in [0.2, 0.25) is 0 Å². The van der Waals surface area contributed by atoms with Gasteiger partial charge >= 0.3 is 12.0 Å². The van der Waals surface area contributed by atoms with Gasteiger partial charge in [0.15, 0.2) is 6.10 Å². The third-order valence-electron chi connectivity index (χ3n) is 3.49. The Morgan fingerprint density at radius 2 is 2.00 bits per heavy atom. The van der Waals surface area contributed by atoms with Crippen LogP contribution in [-0.2, 0) is 4.79 Å². The number of carbonyl (C=O) groups is 2. The minimum absolute atomic E-state index is 0.158. The first-order valence-electron chi connectivity index (χ1n) is 6.49. The minimum Gasteiger partial charge on any atom is -0.479 e. The lowest BCUT2D eigenvalue weighted by atomic mass is 9.83. The fourth-order valence-electron chi connectivity index (χ4n) is 2.38. The smallest absolute Gasteiger partial charge is 0.334 e. The van der Waals surface area contributed by atoms with Crippen LogP contribution in [0, 0.1) is 5.92 Å². The number of carbonyl (C=O) groups excluding carboxylic acids is 1. The molecule has 18 heavy (non-hydrogen) atoms. The van der Waals surface area contributed by atoms with Crippen LogP contribution in [0.4, 0.5) is 4.79 Å². The lowest BCUT2D eigenvalue weighted by Crippen LogP contribution is -2.48. The first-order chi connectivity index (χ1) is 8.54. The maximum atomic E-state index is 11.6. The number of carboxylic acid groups (broad SMARTS) is 1. The highest BCUT2D eigenvalue weighted by Gasteiger charge is 2.25. The van der Waals surface area contributed by atoms with Gasteiger partial charge < -0.3 is 20.8 Å². The summed E-state index contributed by atoms with van der Waals surface area (Å²) < 4.78 is 0. The van der Waals surface area contributed by atoms with E-state index in [0.717, 1.165) is 25.7 Å². The molecule has 0 spiro atoms. The van der Waals surface area contributed by atoms with Crippen molar-refractivity contribution < 1.29 is 19.8 Å². The Kier molecular flexibility index (Phi) is 5.91. The maximum Gasteiger partial charge on any atom is 0.334 e. The second kappa shape index (κ2) is 7.20. The molecule has 1 aliphatic carbocycles. The van der Waals surface area contributed by atoms with E-state index in [9.17, 15) is 9.59 Å². The van der Waals surface area contributed by atoms with E-state index < -0.39 is 18.1 Å². The van der Waals surface area contributed by atoms with Crippen molar-refractivity contribution in [3.8, 4) is 0 Å². The van der Waals surface area contributed by atoms with Gasteiger partial charge in [0.1, 0.15) is 0 Å². The second-order valence-corrected chi connectivity index (χ2v) is 4.77. The summed E-state index contributed by atoms with van der Waals surface area (Å²) in [5, 5.41) is 22.7. The van der Waals surface area contributed by atoms with E-state index in [1.54, 1.807) is 0 Å². The molecule has 1 rings (SSSR count). The van der Waals surface area contributed by atoms with Gasteiger partial charge in [-0.05, 0) is 18.8 Å². The lowest BCUT2D eigenvalue weighted by Gasteiger charge is -2.31. The molecule has 2 amide bonds. The highest BCUT2D eigenvalue weighted by atomic mass is 16.4. The Bertz CT molecular complexity index is 296. The van der Waals surface area contributed by atoms with Gasteiger partial charge in [0, 0.05) is 6.04 Å². The number of aliphatic hydroxyl groups is 1. The number of hydrogen-bond acceptors (Lipinski definition) is 3. The van der Waals surface area contributed by atoms with Gasteiger partial charge in [-0.1, -0.05) is 26.2 Å². The first-order valence-corrected chi connectivity index (χ1v) is 6.49. The average Bonchev–Trinajstić information content (AvgIpc) is 2.36. The normalized spacial score (nSPS) is 25.2. The standard InChI is InChI=1S/C12H22N2O4/c1-2-8-5-3-4-6-9(8)14-12(18)13-7-10(15)11(16)17/h8-10,15H,2-7H2,1H3,(H,16,17)(H2,13,14,18). The molecule has 6 heteroatoms. The summed E-state index contributed by atoms with van der Waals surface area (Å²) in [6, 6.07) is -0.244. The van der Waals surface area contributed by atoms with E-state index in [2.05, 4.69) is 17.6 Å². The van der Waals surface area contributed by atoms with Crippen LogP contribution >= 0.6 is 0 Å². The van der Waals surface area contributed by atoms with Crippen molar-refractivity contribution in [1.82, 2.24) is 10.6 Å². The Morgan fingerprint density at radius 1 is 1.33 bits per heavy atom. The molecule has 6 nitrogen and oxygen atoms in total. The molecule has 4 N–H and O–H groups in total. The number of urea groups is 1. The van der Waals surface area contributed by atoms with Gasteiger partial charge in [-0.2, -0.15) is 0 Å². The van der Waals surface area contributed by atoms with Crippen molar-refractivity contribution >= 4 is 12.0 Å². The number of amides is 2. The zero-order valence-electron chi connectivity index (χ0n) is 10.7. The van der Waals surface area contributed by atoms with Crippen molar-refractivity contribution in [2.24, 2.45) is 5.92 Å². The molecule has 0 heterocycles. The molecule has 0 radical (unpaired) electrons. The van der Waals surface area contributed by atoms with E-state index in [1.807, 2.05) is 0 Å². The molecule has 0 aromatic rings. The summed E-state index contributed by atoms with van der Waals surface area (Å²) in [5.74, 6) is -0.840. The van der Waals surface area contributed by atoms with Crippen LogP contribution < -0.4 is 10.6 Å². The zero-order valence-corrected chi connectivity index (χ0v) is 10.7. The number of carboxylic acids is 1. The molecule has 0 aromatic carbocycles. The van der Waals surface area contributed by atoms with Crippen LogP contribution in [-0.4, -0.2) is 40.9 Å². The summed E-state index contributed by atoms with van der Waals surface area (Å²) in [7, 11) is 0. The number of rotatable bonds is 5. The highest BCUT2D eigenvalue weighted by molar-refractivity contribution is 5.76. The molecule has 1 saturated carbocycles. The molecule has 0 bridgehead atoms. The predicted octanol–water partition coefficient (Wildman–Crippen LogP) is 0.700. The summed E-state index contributed by atoms with van der Waals surface area (Å²) in [6.45, 7) is 1.83. The number of nitrogens with one attached hydrogen (secondary N) is 2. The molecule has 104 valence electrons. The predicted molar refractivity (Wildman–Crippen MR) is 66.2 cm³/mol. The van der Waals surface area contributed by atoms with Crippen molar-refractivity contribution in [3.05, 3.63) is 0 Å². The van der Waals surface area contributed by atoms with Crippen LogP contribution in [0.2, 0.25) is 0 Å². The monoisotopic (exact) mass is 258 g/mol. The zero-order chi connectivity index (χ0) is 13.5. The highest BCUT2D eigenvalue weighted by Crippen LogP contribution is 2.26. The van der Waals surface area contributed by atoms with E-state index in [-0.39, 0.29) is 12.6 Å². The van der Waals surface area contributed by atoms with E-state index >= 15 is 0 Å². The Labute approximate surface area is 107 Å². The number of aliphatic carboxylic acids is 1. The third-order valence-corrected chi connectivity index (χ3v) is 3.49. The van der Waals surface area contributed by atoms with Gasteiger partial charge in [-0.25, -0.2) is 9.59 Å². The molecule has 1 aliphatic rings. The first kappa shape index (κ1) is 14.8. The lowest BCUT2D eigenvalue weighted by molar-refractivity contribution is -0.146. The summed E-state index contributed by atoms with van der Waals surface area (Å²) >= 11 is 0. The van der Waals surface area contributed by atoms with E-state index in [1.165, 1.54) is 6.42 Å². The van der Waals surface area contributed by atoms with Gasteiger partial charge in [0.05, 0.1) is 6.54 Å². The molecule has 3 unspecified atom stereocenters. The molecular weight excluding hydrogens is 236 g/mol. The quantitative estimate of drug-likeness (QED) is 0.583. The van der Waals surface area contributed by atoms with Crippen LogP contribution in [0.1, 0.15) is 39.0 Å². The molecule has 0 aromatic heterocycles. The average molecular weight is 258 g/mol. The van der Waals surface area contributed by atoms with Crippen LogP contribution in [0.15, 0.2) is 0 Å². The maximum absolute atomic E-state index is 11.6. The fraction of sp³-hybridized carbons (Fsp3) is 0.833. The van der Waals surface area contributed by atoms with Gasteiger partial charge in [-0.3, -0.25) is 0 Å². The van der Waals surface area contributed by atoms with Crippen LogP contribution in [0.25, 0.3) is 0 Å². The van der Waals surface area contributed by atoms with Crippen LogP contribution in [0.3, 0.4) is 0 Å². The SMILES string of the molecule is CCC1CCCCC1NC(=O)NCC(O)C(=O)O. The van der Waals surface area contributed by atoms with Gasteiger partial charge in [-0.15, -0.1) is 0 Å². The Hall–Kier alpha value is -1.30. The van der Waals surface area contributed by atoms with Crippen molar-refractivity contribution in [3.63, 3.8) is 0 Å². The molecule has 0 aliphatic heterocycles. The Balaban J connectivity index is 2.32. The molecule has 0 saturated heterocycles. The van der Waals surface area contributed by atoms with E-state index in [0.29, 0.717) is 5.92 Å². The van der Waals surface area contributed by atoms with E-state index in [4.69, 9.17) is 10.2 Å². The van der Waals surface area contributed by atoms with Gasteiger partial charge in [0.25, 0.3) is 0 Å². The summed E-state index contributed by atoms with van der Waals surface area (Å²) in [4.78, 5) is 22.0. The minimum atomic E-state index is -1.55. The van der Waals surface area contributed by atoms with Crippen molar-refractivity contribution in [2.45, 2.75) is 51.2 Å². The second-order valence-electron chi connectivity index (χ2n) is 4.77. The fourth-order valence-corrected chi connectivity index (χ4v) is 2.38. The molecule has 1 fully saturated rings. The number of hydrogen-bond donors (Lipinski definition) is 4. The van der Waals surface area contributed by atoms with Crippen LogP contribution in [0.5, 0.6) is 0 Å². The Morgan fingerprint density at radius 3 is 2.61 bits per heavy atom. The summed E-state index contributed by atoms with van der Waals surface area (Å²) in [5.41, 5.74) is 0. The molecular formula is C12H22N2O4.